The molecule has 0 bridgehead atoms. The maximum Gasteiger partial charge on any atom is 0.223 e. The number of rotatable bonds is 4. The number of aromatic nitrogens is 2. The quantitative estimate of drug-likeness (QED) is 0.842. The summed E-state index contributed by atoms with van der Waals surface area (Å²) in [6, 6.07) is 8.36. The van der Waals surface area contributed by atoms with Gasteiger partial charge in [-0.05, 0) is 58.8 Å². The van der Waals surface area contributed by atoms with Crippen LogP contribution in [0.4, 0.5) is 0 Å². The molecule has 2 aromatic rings. The number of para-hydroxylation sites is 2. The average molecular weight is 387 g/mol. The van der Waals surface area contributed by atoms with Crippen LogP contribution in [0.2, 0.25) is 0 Å². The first-order chi connectivity index (χ1) is 11.1. The molecule has 1 aromatic carbocycles. The van der Waals surface area contributed by atoms with Gasteiger partial charge < -0.3 is 15.2 Å². The molecule has 140 valence electrons. The molecule has 5 nitrogen and oxygen atoms in total. The van der Waals surface area contributed by atoms with Crippen molar-refractivity contribution in [1.82, 2.24) is 20.2 Å². The summed E-state index contributed by atoms with van der Waals surface area (Å²) in [5, 5.41) is 6.47. The van der Waals surface area contributed by atoms with Crippen molar-refractivity contribution in [3.63, 3.8) is 0 Å². The van der Waals surface area contributed by atoms with E-state index in [1.807, 2.05) is 25.1 Å². The minimum Gasteiger partial charge on any atom is -0.346 e. The van der Waals surface area contributed by atoms with Crippen molar-refractivity contribution >= 4 is 41.8 Å². The van der Waals surface area contributed by atoms with Crippen molar-refractivity contribution in [3.05, 3.63) is 30.1 Å². The number of nitrogens with zero attached hydrogens (tertiary/aromatic N) is 2. The Balaban J connectivity index is 0.00000156. The molecule has 1 aliphatic heterocycles. The highest BCUT2D eigenvalue weighted by Gasteiger charge is 2.25. The largest absolute Gasteiger partial charge is 0.346 e. The molecule has 1 aliphatic rings. The summed E-state index contributed by atoms with van der Waals surface area (Å²) < 4.78 is 2.22. The van der Waals surface area contributed by atoms with Crippen LogP contribution in [0.5, 0.6) is 0 Å². The molecule has 7 heteroatoms. The third kappa shape index (κ3) is 4.66. The summed E-state index contributed by atoms with van der Waals surface area (Å²) >= 11 is 0. The molecule has 2 heterocycles. The molecule has 1 atom stereocenters. The Morgan fingerprint density at radius 3 is 2.48 bits per heavy atom. The minimum atomic E-state index is -0.0906. The first-order valence-electron chi connectivity index (χ1n) is 8.56. The highest BCUT2D eigenvalue weighted by atomic mass is 35.5. The highest BCUT2D eigenvalue weighted by Crippen LogP contribution is 2.25. The summed E-state index contributed by atoms with van der Waals surface area (Å²) in [5.74, 6) is 1.21. The lowest BCUT2D eigenvalue weighted by Crippen LogP contribution is -2.39. The van der Waals surface area contributed by atoms with E-state index in [1.54, 1.807) is 0 Å². The van der Waals surface area contributed by atoms with Gasteiger partial charge in [-0.2, -0.15) is 0 Å². The van der Waals surface area contributed by atoms with Crippen molar-refractivity contribution in [2.45, 2.75) is 45.7 Å². The molecule has 2 N–H and O–H groups in total. The predicted molar refractivity (Wildman–Crippen MR) is 107 cm³/mol. The third-order valence-electron chi connectivity index (χ3n) is 4.60. The fourth-order valence-corrected chi connectivity index (χ4v) is 3.39. The van der Waals surface area contributed by atoms with Crippen molar-refractivity contribution < 1.29 is 4.79 Å². The van der Waals surface area contributed by atoms with Gasteiger partial charge in [-0.25, -0.2) is 4.98 Å². The third-order valence-corrected chi connectivity index (χ3v) is 4.60. The van der Waals surface area contributed by atoms with Gasteiger partial charge in [0.05, 0.1) is 17.1 Å². The molecular formula is C18H28Cl2N4O. The number of halogens is 2. The molecular weight excluding hydrogens is 359 g/mol. The van der Waals surface area contributed by atoms with Gasteiger partial charge in [0.15, 0.2) is 0 Å². The fourth-order valence-electron chi connectivity index (χ4n) is 3.39. The molecule has 0 aliphatic carbocycles. The van der Waals surface area contributed by atoms with Crippen molar-refractivity contribution in [2.24, 2.45) is 5.92 Å². The Bertz CT molecular complexity index is 695. The van der Waals surface area contributed by atoms with E-state index < -0.39 is 0 Å². The van der Waals surface area contributed by atoms with E-state index in [4.69, 9.17) is 4.98 Å². The van der Waals surface area contributed by atoms with Gasteiger partial charge in [0.1, 0.15) is 5.82 Å². The molecule has 25 heavy (non-hydrogen) atoms. The van der Waals surface area contributed by atoms with E-state index in [0.717, 1.165) is 42.8 Å². The second-order valence-electron chi connectivity index (χ2n) is 6.68. The lowest BCUT2D eigenvalue weighted by atomic mass is 9.97. The molecule has 1 saturated heterocycles. The van der Waals surface area contributed by atoms with Crippen LogP contribution in [0.1, 0.15) is 51.5 Å². The van der Waals surface area contributed by atoms with Crippen LogP contribution in [0, 0.1) is 5.92 Å². The molecule has 1 aromatic heterocycles. The fraction of sp³-hybridized carbons (Fsp3) is 0.556. The van der Waals surface area contributed by atoms with Crippen LogP contribution in [-0.4, -0.2) is 28.5 Å². The van der Waals surface area contributed by atoms with Crippen LogP contribution in [-0.2, 0) is 4.79 Å². The van der Waals surface area contributed by atoms with Gasteiger partial charge >= 0.3 is 0 Å². The lowest BCUT2D eigenvalue weighted by molar-refractivity contribution is -0.126. The summed E-state index contributed by atoms with van der Waals surface area (Å²) in [6.45, 7) is 8.19. The number of benzene rings is 1. The Morgan fingerprint density at radius 1 is 1.20 bits per heavy atom. The number of amides is 1. The predicted octanol–water partition coefficient (Wildman–Crippen LogP) is 3.64. The Labute approximate surface area is 161 Å². The van der Waals surface area contributed by atoms with Crippen LogP contribution >= 0.6 is 24.8 Å². The second-order valence-corrected chi connectivity index (χ2v) is 6.68. The summed E-state index contributed by atoms with van der Waals surface area (Å²) in [7, 11) is 0. The molecule has 1 fully saturated rings. The van der Waals surface area contributed by atoms with Gasteiger partial charge in [-0.1, -0.05) is 12.1 Å². The van der Waals surface area contributed by atoms with E-state index >= 15 is 0 Å². The second kappa shape index (κ2) is 9.41. The molecule has 1 amide bonds. The van der Waals surface area contributed by atoms with Crippen LogP contribution < -0.4 is 10.6 Å². The van der Waals surface area contributed by atoms with E-state index in [2.05, 4.69) is 35.1 Å². The molecule has 0 radical (unpaired) electrons. The zero-order chi connectivity index (χ0) is 16.4. The van der Waals surface area contributed by atoms with E-state index in [0.29, 0.717) is 6.04 Å². The van der Waals surface area contributed by atoms with Crippen LogP contribution in [0.3, 0.4) is 0 Å². The Hall–Kier alpha value is -1.30. The number of nitrogens with one attached hydrogen (secondary N) is 2. The topological polar surface area (TPSA) is 59.0 Å². The summed E-state index contributed by atoms with van der Waals surface area (Å²) in [4.78, 5) is 17.3. The molecule has 0 saturated carbocycles. The number of fused-ring (bicyclic) bond motifs is 1. The number of hydrogen-bond acceptors (Lipinski definition) is 3. The molecule has 3 rings (SSSR count). The zero-order valence-corrected chi connectivity index (χ0v) is 16.6. The number of piperidine rings is 1. The SMILES string of the molecule is CC(NC(=O)C1CCNCC1)c1nc2ccccc2n1C(C)C.Cl.Cl. The van der Waals surface area contributed by atoms with E-state index in [-0.39, 0.29) is 42.7 Å². The number of carbonyl (C=O) groups excluding carboxylic acids is 1. The number of imidazole rings is 1. The van der Waals surface area contributed by atoms with E-state index in [1.165, 1.54) is 0 Å². The summed E-state index contributed by atoms with van der Waals surface area (Å²) in [5.41, 5.74) is 2.11. The first kappa shape index (κ1) is 21.7. The first-order valence-corrected chi connectivity index (χ1v) is 8.56. The minimum absolute atomic E-state index is 0. The zero-order valence-electron chi connectivity index (χ0n) is 15.0. The number of hydrogen-bond donors (Lipinski definition) is 2. The summed E-state index contributed by atoms with van der Waals surface area (Å²) in [6.07, 6.45) is 1.83. The van der Waals surface area contributed by atoms with E-state index in [9.17, 15) is 4.79 Å². The molecule has 1 unspecified atom stereocenters. The maximum absolute atomic E-state index is 12.5. The van der Waals surface area contributed by atoms with Gasteiger partial charge in [-0.15, -0.1) is 24.8 Å². The van der Waals surface area contributed by atoms with Crippen molar-refractivity contribution in [2.75, 3.05) is 13.1 Å². The molecule has 0 spiro atoms. The highest BCUT2D eigenvalue weighted by molar-refractivity contribution is 5.85. The monoisotopic (exact) mass is 386 g/mol. The van der Waals surface area contributed by atoms with Crippen molar-refractivity contribution in [1.29, 1.82) is 0 Å². The van der Waals surface area contributed by atoms with Gasteiger partial charge in [-0.3, -0.25) is 4.79 Å². The standard InChI is InChI=1S/C18H26N4O.2ClH/c1-12(2)22-16-7-5-4-6-15(16)21-17(22)13(3)20-18(23)14-8-10-19-11-9-14;;/h4-7,12-14,19H,8-11H2,1-3H3,(H,20,23);2*1H. The normalized spacial score (nSPS) is 16.2. The maximum atomic E-state index is 12.5. The van der Waals surface area contributed by atoms with Gasteiger partial charge in [0, 0.05) is 12.0 Å². The van der Waals surface area contributed by atoms with Crippen LogP contribution in [0.25, 0.3) is 11.0 Å². The van der Waals surface area contributed by atoms with Crippen LogP contribution in [0.15, 0.2) is 24.3 Å². The smallest absolute Gasteiger partial charge is 0.223 e. The average Bonchev–Trinajstić information content (AvgIpc) is 2.95. The van der Waals surface area contributed by atoms with Crippen molar-refractivity contribution in [3.8, 4) is 0 Å². The Kier molecular flexibility index (Phi) is 8.19. The number of carbonyl (C=O) groups is 1. The van der Waals surface area contributed by atoms with Gasteiger partial charge in [0.2, 0.25) is 5.91 Å². The lowest BCUT2D eigenvalue weighted by Gasteiger charge is -2.24. The Morgan fingerprint density at radius 2 is 1.84 bits per heavy atom. The van der Waals surface area contributed by atoms with Gasteiger partial charge in [0.25, 0.3) is 0 Å².